The second-order valence-electron chi connectivity index (χ2n) is 5.79. The molecule has 0 saturated heterocycles. The van der Waals surface area contributed by atoms with Gasteiger partial charge in [-0.25, -0.2) is 0 Å². The van der Waals surface area contributed by atoms with E-state index < -0.39 is 0 Å². The van der Waals surface area contributed by atoms with Crippen molar-refractivity contribution in [3.63, 3.8) is 0 Å². The summed E-state index contributed by atoms with van der Waals surface area (Å²) in [6.07, 6.45) is 0. The largest absolute Gasteiger partial charge is 0.497 e. The lowest BCUT2D eigenvalue weighted by Gasteiger charge is -2.07. The summed E-state index contributed by atoms with van der Waals surface area (Å²) in [5, 5.41) is 12.6. The van der Waals surface area contributed by atoms with Crippen molar-refractivity contribution in [3.8, 4) is 17.1 Å². The number of hydrogen-bond donors (Lipinski definition) is 1. The SMILES string of the molecule is COc1cccc(CNC(=O)CSc2nnc(-c3ccc(Cl)cc3)n2C)c1. The number of methoxy groups -OCH3 is 1. The Labute approximate surface area is 166 Å². The van der Waals surface area contributed by atoms with Crippen LogP contribution in [0.2, 0.25) is 5.02 Å². The molecular formula is C19H19ClN4O2S. The monoisotopic (exact) mass is 402 g/mol. The lowest BCUT2D eigenvalue weighted by Crippen LogP contribution is -2.24. The topological polar surface area (TPSA) is 69.0 Å². The fourth-order valence-electron chi connectivity index (χ4n) is 2.46. The van der Waals surface area contributed by atoms with E-state index in [2.05, 4.69) is 15.5 Å². The molecule has 3 rings (SSSR count). The van der Waals surface area contributed by atoms with Crippen LogP contribution in [-0.2, 0) is 18.4 Å². The molecule has 8 heteroatoms. The number of ether oxygens (including phenoxy) is 1. The van der Waals surface area contributed by atoms with Gasteiger partial charge in [0.2, 0.25) is 5.91 Å². The molecule has 0 atom stereocenters. The molecular weight excluding hydrogens is 384 g/mol. The molecule has 6 nitrogen and oxygen atoms in total. The van der Waals surface area contributed by atoms with Crippen LogP contribution in [-0.4, -0.2) is 33.5 Å². The van der Waals surface area contributed by atoms with Crippen molar-refractivity contribution in [3.05, 3.63) is 59.1 Å². The van der Waals surface area contributed by atoms with Crippen LogP contribution < -0.4 is 10.1 Å². The summed E-state index contributed by atoms with van der Waals surface area (Å²) in [4.78, 5) is 12.1. The third kappa shape index (κ3) is 5.02. The average Bonchev–Trinajstić information content (AvgIpc) is 3.06. The molecule has 27 heavy (non-hydrogen) atoms. The summed E-state index contributed by atoms with van der Waals surface area (Å²) in [5.41, 5.74) is 1.90. The quantitative estimate of drug-likeness (QED) is 0.612. The van der Waals surface area contributed by atoms with Gasteiger partial charge in [-0.2, -0.15) is 0 Å². The van der Waals surface area contributed by atoms with Crippen LogP contribution in [0.5, 0.6) is 5.75 Å². The maximum absolute atomic E-state index is 12.1. The van der Waals surface area contributed by atoms with E-state index in [0.717, 1.165) is 22.7 Å². The van der Waals surface area contributed by atoms with Gasteiger partial charge in [-0.1, -0.05) is 35.5 Å². The van der Waals surface area contributed by atoms with Gasteiger partial charge >= 0.3 is 0 Å². The Morgan fingerprint density at radius 1 is 1.22 bits per heavy atom. The number of nitrogens with one attached hydrogen (secondary N) is 1. The van der Waals surface area contributed by atoms with E-state index in [1.54, 1.807) is 7.11 Å². The number of rotatable bonds is 7. The predicted octanol–water partition coefficient (Wildman–Crippen LogP) is 3.55. The van der Waals surface area contributed by atoms with E-state index in [-0.39, 0.29) is 11.7 Å². The highest BCUT2D eigenvalue weighted by atomic mass is 35.5. The van der Waals surface area contributed by atoms with Gasteiger partial charge < -0.3 is 14.6 Å². The number of aromatic nitrogens is 3. The van der Waals surface area contributed by atoms with E-state index in [9.17, 15) is 4.79 Å². The van der Waals surface area contributed by atoms with Crippen LogP contribution in [0.25, 0.3) is 11.4 Å². The Morgan fingerprint density at radius 2 is 2.00 bits per heavy atom. The molecule has 3 aromatic rings. The van der Waals surface area contributed by atoms with Gasteiger partial charge in [0.25, 0.3) is 0 Å². The number of benzene rings is 2. The average molecular weight is 403 g/mol. The van der Waals surface area contributed by atoms with E-state index >= 15 is 0 Å². The molecule has 0 spiro atoms. The lowest BCUT2D eigenvalue weighted by molar-refractivity contribution is -0.118. The van der Waals surface area contributed by atoms with Gasteiger partial charge in [-0.15, -0.1) is 10.2 Å². The number of hydrogen-bond acceptors (Lipinski definition) is 5. The highest BCUT2D eigenvalue weighted by Gasteiger charge is 2.13. The first-order chi connectivity index (χ1) is 13.1. The molecule has 140 valence electrons. The summed E-state index contributed by atoms with van der Waals surface area (Å²) in [5.74, 6) is 1.69. The van der Waals surface area contributed by atoms with Crippen LogP contribution in [0.15, 0.2) is 53.7 Å². The zero-order valence-corrected chi connectivity index (χ0v) is 16.5. The second kappa shape index (κ2) is 8.92. The Bertz CT molecular complexity index is 928. The third-order valence-corrected chi connectivity index (χ3v) is 5.17. The van der Waals surface area contributed by atoms with Gasteiger partial charge in [-0.3, -0.25) is 4.79 Å². The van der Waals surface area contributed by atoms with Crippen LogP contribution in [0.3, 0.4) is 0 Å². The molecule has 0 saturated carbocycles. The van der Waals surface area contributed by atoms with Crippen molar-refractivity contribution in [1.29, 1.82) is 0 Å². The normalized spacial score (nSPS) is 10.6. The Balaban J connectivity index is 1.55. The number of amides is 1. The van der Waals surface area contributed by atoms with E-state index in [0.29, 0.717) is 16.7 Å². The minimum atomic E-state index is -0.0705. The fraction of sp³-hybridized carbons (Fsp3) is 0.211. The summed E-state index contributed by atoms with van der Waals surface area (Å²) in [7, 11) is 3.49. The number of carbonyl (C=O) groups is 1. The van der Waals surface area contributed by atoms with Gasteiger partial charge in [-0.05, 0) is 42.0 Å². The van der Waals surface area contributed by atoms with Crippen molar-refractivity contribution < 1.29 is 9.53 Å². The van der Waals surface area contributed by atoms with Crippen molar-refractivity contribution >= 4 is 29.3 Å². The molecule has 0 radical (unpaired) electrons. The molecule has 0 aliphatic rings. The fourth-order valence-corrected chi connectivity index (χ4v) is 3.32. The zero-order valence-electron chi connectivity index (χ0n) is 15.0. The molecule has 0 aliphatic carbocycles. The summed E-state index contributed by atoms with van der Waals surface area (Å²) >= 11 is 7.26. The second-order valence-corrected chi connectivity index (χ2v) is 7.17. The van der Waals surface area contributed by atoms with Crippen molar-refractivity contribution in [2.45, 2.75) is 11.7 Å². The van der Waals surface area contributed by atoms with Crippen molar-refractivity contribution in [1.82, 2.24) is 20.1 Å². The van der Waals surface area contributed by atoms with Gasteiger partial charge in [0.15, 0.2) is 11.0 Å². The van der Waals surface area contributed by atoms with E-state index in [4.69, 9.17) is 16.3 Å². The van der Waals surface area contributed by atoms with Gasteiger partial charge in [0.1, 0.15) is 5.75 Å². The molecule has 1 amide bonds. The van der Waals surface area contributed by atoms with Crippen molar-refractivity contribution in [2.24, 2.45) is 7.05 Å². The molecule has 1 N–H and O–H groups in total. The van der Waals surface area contributed by atoms with Crippen molar-refractivity contribution in [2.75, 3.05) is 12.9 Å². The first-order valence-corrected chi connectivity index (χ1v) is 9.61. The highest BCUT2D eigenvalue weighted by Crippen LogP contribution is 2.23. The number of carbonyl (C=O) groups excluding carboxylic acids is 1. The minimum Gasteiger partial charge on any atom is -0.497 e. The van der Waals surface area contributed by atoms with Crippen LogP contribution in [0.4, 0.5) is 0 Å². The first-order valence-electron chi connectivity index (χ1n) is 8.24. The molecule has 1 aromatic heterocycles. The third-order valence-electron chi connectivity index (χ3n) is 3.89. The highest BCUT2D eigenvalue weighted by molar-refractivity contribution is 7.99. The lowest BCUT2D eigenvalue weighted by atomic mass is 10.2. The molecule has 1 heterocycles. The number of halogens is 1. The van der Waals surface area contributed by atoms with Crippen LogP contribution >= 0.6 is 23.4 Å². The number of thioether (sulfide) groups is 1. The maximum Gasteiger partial charge on any atom is 0.230 e. The standard InChI is InChI=1S/C19H19ClN4O2S/c1-24-18(14-6-8-15(20)9-7-14)22-23-19(24)27-12-17(25)21-11-13-4-3-5-16(10-13)26-2/h3-10H,11-12H2,1-2H3,(H,21,25). The number of nitrogens with zero attached hydrogens (tertiary/aromatic N) is 3. The maximum atomic E-state index is 12.1. The Morgan fingerprint density at radius 3 is 2.74 bits per heavy atom. The van der Waals surface area contributed by atoms with Gasteiger partial charge in [0, 0.05) is 24.2 Å². The predicted molar refractivity (Wildman–Crippen MR) is 107 cm³/mol. The minimum absolute atomic E-state index is 0.0705. The molecule has 0 bridgehead atoms. The summed E-state index contributed by atoms with van der Waals surface area (Å²) in [6, 6.07) is 15.0. The smallest absolute Gasteiger partial charge is 0.230 e. The summed E-state index contributed by atoms with van der Waals surface area (Å²) in [6.45, 7) is 0.450. The van der Waals surface area contributed by atoms with Crippen LogP contribution in [0.1, 0.15) is 5.56 Å². The van der Waals surface area contributed by atoms with E-state index in [1.807, 2.05) is 60.1 Å². The Kier molecular flexibility index (Phi) is 6.36. The molecule has 0 fully saturated rings. The molecule has 0 aliphatic heterocycles. The van der Waals surface area contributed by atoms with Crippen LogP contribution in [0, 0.1) is 0 Å². The van der Waals surface area contributed by atoms with Gasteiger partial charge in [0.05, 0.1) is 12.9 Å². The first kappa shape index (κ1) is 19.3. The summed E-state index contributed by atoms with van der Waals surface area (Å²) < 4.78 is 7.05. The van der Waals surface area contributed by atoms with E-state index in [1.165, 1.54) is 11.8 Å². The zero-order chi connectivity index (χ0) is 19.2. The molecule has 0 unspecified atom stereocenters. The Hall–Kier alpha value is -2.51. The molecule has 2 aromatic carbocycles.